The number of aromatic nitrogens is 1. The molecule has 0 radical (unpaired) electrons. The summed E-state index contributed by atoms with van der Waals surface area (Å²) in [7, 11) is 0. The third kappa shape index (κ3) is 3.63. The zero-order valence-electron chi connectivity index (χ0n) is 18.7. The fraction of sp³-hybridized carbons (Fsp3) is 0.583. The minimum Gasteiger partial charge on any atom is -0.444 e. The van der Waals surface area contributed by atoms with Gasteiger partial charge in [-0.25, -0.2) is 13.6 Å². The van der Waals surface area contributed by atoms with E-state index in [-0.39, 0.29) is 46.1 Å². The van der Waals surface area contributed by atoms with Crippen molar-refractivity contribution in [3.8, 4) is 0 Å². The Balaban J connectivity index is 1.51. The zero-order valence-corrected chi connectivity index (χ0v) is 18.7. The number of carbonyl (C=O) groups excluding carboxylic acids is 1. The number of amides is 1. The van der Waals surface area contributed by atoms with Crippen LogP contribution in [-0.2, 0) is 4.74 Å². The lowest BCUT2D eigenvalue weighted by Crippen LogP contribution is -2.50. The van der Waals surface area contributed by atoms with Gasteiger partial charge in [0.1, 0.15) is 17.1 Å². The van der Waals surface area contributed by atoms with Crippen LogP contribution in [0.5, 0.6) is 0 Å². The number of hydrogen-bond donors (Lipinski definition) is 0. The minimum atomic E-state index is -0.733. The minimum absolute atomic E-state index is 0.0742. The number of carbonyl (C=O) groups is 1. The number of rotatable bonds is 2. The molecule has 32 heavy (non-hydrogen) atoms. The summed E-state index contributed by atoms with van der Waals surface area (Å²) >= 11 is 0. The molecule has 2 aromatic rings. The Morgan fingerprint density at radius 2 is 1.91 bits per heavy atom. The maximum Gasteiger partial charge on any atom is 0.410 e. The van der Waals surface area contributed by atoms with Crippen LogP contribution in [0.1, 0.15) is 52.5 Å². The average molecular weight is 446 g/mol. The number of likely N-dealkylation sites (tertiary alicyclic amines) is 1. The van der Waals surface area contributed by atoms with Gasteiger partial charge in [0.15, 0.2) is 11.2 Å². The number of ether oxygens (including phenoxy) is 1. The maximum absolute atomic E-state index is 15.8. The van der Waals surface area contributed by atoms with Crippen molar-refractivity contribution in [3.63, 3.8) is 0 Å². The van der Waals surface area contributed by atoms with Crippen molar-refractivity contribution in [2.75, 3.05) is 24.5 Å². The number of halogens is 2. The monoisotopic (exact) mass is 445 g/mol. The van der Waals surface area contributed by atoms with Crippen LogP contribution in [0.3, 0.4) is 0 Å². The Morgan fingerprint density at radius 1 is 1.16 bits per heavy atom. The van der Waals surface area contributed by atoms with E-state index in [0.29, 0.717) is 19.6 Å². The van der Waals surface area contributed by atoms with E-state index < -0.39 is 17.2 Å². The molecular weight excluding hydrogens is 416 g/mol. The first-order valence-electron chi connectivity index (χ1n) is 11.4. The molecule has 1 aliphatic carbocycles. The molecular formula is C24H29F2N3O3. The Bertz CT molecular complexity index is 1140. The van der Waals surface area contributed by atoms with Gasteiger partial charge < -0.3 is 19.1 Å². The van der Waals surface area contributed by atoms with E-state index in [1.54, 1.807) is 20.6 Å². The van der Waals surface area contributed by atoms with E-state index >= 15 is 8.78 Å². The molecule has 0 N–H and O–H groups in total. The highest BCUT2D eigenvalue weighted by atomic mass is 19.1. The normalized spacial score (nSPS) is 23.5. The van der Waals surface area contributed by atoms with Crippen LogP contribution in [-0.4, -0.2) is 46.8 Å². The lowest BCUT2D eigenvalue weighted by molar-refractivity contribution is 0.00670. The van der Waals surface area contributed by atoms with Crippen LogP contribution in [0.25, 0.3) is 10.9 Å². The van der Waals surface area contributed by atoms with Crippen LogP contribution in [0.4, 0.5) is 19.3 Å². The molecule has 0 unspecified atom stereocenters. The summed E-state index contributed by atoms with van der Waals surface area (Å²) in [5, 5.41) is 0.0742. The molecule has 0 bridgehead atoms. The summed E-state index contributed by atoms with van der Waals surface area (Å²) in [5.41, 5.74) is -0.913. The molecule has 172 valence electrons. The van der Waals surface area contributed by atoms with Gasteiger partial charge in [0.05, 0.1) is 16.9 Å². The zero-order chi connectivity index (χ0) is 22.8. The molecule has 1 aromatic heterocycles. The highest BCUT2D eigenvalue weighted by molar-refractivity contribution is 5.84. The number of pyridine rings is 1. The number of anilines is 1. The van der Waals surface area contributed by atoms with Crippen LogP contribution in [0, 0.1) is 17.6 Å². The summed E-state index contributed by atoms with van der Waals surface area (Å²) in [6.45, 7) is 6.85. The van der Waals surface area contributed by atoms with Crippen molar-refractivity contribution in [3.05, 3.63) is 40.2 Å². The number of piperidine rings is 1. The molecule has 0 spiro atoms. The van der Waals surface area contributed by atoms with Gasteiger partial charge in [-0.3, -0.25) is 4.79 Å². The van der Waals surface area contributed by atoms with E-state index in [0.717, 1.165) is 25.7 Å². The van der Waals surface area contributed by atoms with Gasteiger partial charge in [-0.05, 0) is 58.4 Å². The fourth-order valence-corrected chi connectivity index (χ4v) is 5.21. The predicted octanol–water partition coefficient (Wildman–Crippen LogP) is 4.45. The Kier molecular flexibility index (Phi) is 4.94. The van der Waals surface area contributed by atoms with Crippen molar-refractivity contribution in [2.45, 2.75) is 64.1 Å². The second-order valence-corrected chi connectivity index (χ2v) is 10.3. The first-order chi connectivity index (χ1) is 15.1. The standard InChI is InChI=1S/C24H29F2N3O3/c1-24(2,3)32-23(31)29-9-4-5-14-12-27(13-18(14)29)22-17(25)11-16-19(30)8-10-28(15-6-7-15)21(16)20(22)26/h8,10-11,14-15,18H,4-7,9,12-13H2,1-3H3/t14-,18+/m0/s1. The molecule has 8 heteroatoms. The second kappa shape index (κ2) is 7.46. The molecule has 3 fully saturated rings. The lowest BCUT2D eigenvalue weighted by atomic mass is 9.92. The number of hydrogen-bond acceptors (Lipinski definition) is 4. The largest absolute Gasteiger partial charge is 0.444 e. The molecule has 5 rings (SSSR count). The van der Waals surface area contributed by atoms with E-state index in [4.69, 9.17) is 4.74 Å². The van der Waals surface area contributed by atoms with E-state index in [1.165, 1.54) is 12.1 Å². The Labute approximate surface area is 185 Å². The van der Waals surface area contributed by atoms with Gasteiger partial charge in [0.2, 0.25) is 0 Å². The lowest BCUT2D eigenvalue weighted by Gasteiger charge is -2.37. The summed E-state index contributed by atoms with van der Waals surface area (Å²) in [5.74, 6) is -1.30. The highest BCUT2D eigenvalue weighted by Crippen LogP contribution is 2.41. The van der Waals surface area contributed by atoms with Gasteiger partial charge in [0, 0.05) is 37.9 Å². The van der Waals surface area contributed by atoms with Gasteiger partial charge in [-0.2, -0.15) is 0 Å². The number of nitrogens with zero attached hydrogens (tertiary/aromatic N) is 3. The summed E-state index contributed by atoms with van der Waals surface area (Å²) in [6.07, 6.45) is 4.80. The third-order valence-corrected chi connectivity index (χ3v) is 6.74. The molecule has 3 aliphatic rings. The highest BCUT2D eigenvalue weighted by Gasteiger charge is 2.44. The van der Waals surface area contributed by atoms with Gasteiger partial charge in [0.25, 0.3) is 0 Å². The molecule has 1 saturated carbocycles. The summed E-state index contributed by atoms with van der Waals surface area (Å²) < 4.78 is 38.3. The molecule has 2 aliphatic heterocycles. The molecule has 2 saturated heterocycles. The average Bonchev–Trinajstić information content (AvgIpc) is 3.45. The molecule has 1 aromatic carbocycles. The van der Waals surface area contributed by atoms with Crippen LogP contribution in [0.2, 0.25) is 0 Å². The Morgan fingerprint density at radius 3 is 2.59 bits per heavy atom. The van der Waals surface area contributed by atoms with Crippen molar-refractivity contribution < 1.29 is 18.3 Å². The van der Waals surface area contributed by atoms with Crippen LogP contribution < -0.4 is 10.3 Å². The SMILES string of the molecule is CC(C)(C)OC(=O)N1CCC[C@H]2CN(c3c(F)cc4c(=O)ccn(C5CC5)c4c3F)C[C@H]21. The van der Waals surface area contributed by atoms with Crippen molar-refractivity contribution >= 4 is 22.7 Å². The maximum atomic E-state index is 15.8. The van der Waals surface area contributed by atoms with E-state index in [1.807, 2.05) is 20.8 Å². The number of fused-ring (bicyclic) bond motifs is 2. The van der Waals surface area contributed by atoms with E-state index in [9.17, 15) is 9.59 Å². The molecule has 2 atom stereocenters. The fourth-order valence-electron chi connectivity index (χ4n) is 5.21. The smallest absolute Gasteiger partial charge is 0.410 e. The van der Waals surface area contributed by atoms with Crippen molar-refractivity contribution in [2.24, 2.45) is 5.92 Å². The quantitative estimate of drug-likeness (QED) is 0.685. The topological polar surface area (TPSA) is 54.8 Å². The molecule has 3 heterocycles. The van der Waals surface area contributed by atoms with Crippen LogP contribution >= 0.6 is 0 Å². The van der Waals surface area contributed by atoms with Gasteiger partial charge in [-0.1, -0.05) is 0 Å². The second-order valence-electron chi connectivity index (χ2n) is 10.3. The van der Waals surface area contributed by atoms with Crippen molar-refractivity contribution in [1.29, 1.82) is 0 Å². The molecule has 6 nitrogen and oxygen atoms in total. The predicted molar refractivity (Wildman–Crippen MR) is 118 cm³/mol. The van der Waals surface area contributed by atoms with Gasteiger partial charge in [-0.15, -0.1) is 0 Å². The Hall–Kier alpha value is -2.64. The first-order valence-corrected chi connectivity index (χ1v) is 11.4. The number of benzene rings is 1. The summed E-state index contributed by atoms with van der Waals surface area (Å²) in [6, 6.07) is 2.54. The van der Waals surface area contributed by atoms with Crippen molar-refractivity contribution in [1.82, 2.24) is 9.47 Å². The van der Waals surface area contributed by atoms with Crippen LogP contribution in [0.15, 0.2) is 23.1 Å². The third-order valence-electron chi connectivity index (χ3n) is 6.74. The molecule has 1 amide bonds. The van der Waals surface area contributed by atoms with E-state index in [2.05, 4.69) is 0 Å². The van der Waals surface area contributed by atoms with Gasteiger partial charge >= 0.3 is 6.09 Å². The summed E-state index contributed by atoms with van der Waals surface area (Å²) in [4.78, 5) is 28.5. The first kappa shape index (κ1) is 21.2.